The molecular weight excluding hydrogens is 260 g/mol. The van der Waals surface area contributed by atoms with Crippen LogP contribution in [-0.4, -0.2) is 29.1 Å². The summed E-state index contributed by atoms with van der Waals surface area (Å²) in [4.78, 5) is 30.4. The van der Waals surface area contributed by atoms with Crippen molar-refractivity contribution in [2.24, 2.45) is 5.10 Å². The van der Waals surface area contributed by atoms with Crippen LogP contribution in [0.15, 0.2) is 23.3 Å². The fourth-order valence-corrected chi connectivity index (χ4v) is 1.09. The molecule has 19 heavy (non-hydrogen) atoms. The first-order valence-electron chi connectivity index (χ1n) is 4.75. The fraction of sp³-hybridized carbons (Fsp3) is 0.111. The number of ether oxygens (including phenoxy) is 1. The number of nitrogens with zero attached hydrogens (tertiary/aromatic N) is 3. The summed E-state index contributed by atoms with van der Waals surface area (Å²) in [5.74, 6) is -0.753. The van der Waals surface area contributed by atoms with Crippen molar-refractivity contribution >= 4 is 29.2 Å². The molecule has 0 aromatic heterocycles. The van der Waals surface area contributed by atoms with Crippen LogP contribution in [0.2, 0.25) is 0 Å². The normalized spacial score (nSPS) is 10.2. The van der Waals surface area contributed by atoms with Gasteiger partial charge >= 0.3 is 11.7 Å². The van der Waals surface area contributed by atoms with Crippen LogP contribution in [0.1, 0.15) is 0 Å². The fourth-order valence-electron chi connectivity index (χ4n) is 1.09. The van der Waals surface area contributed by atoms with E-state index in [0.717, 1.165) is 31.5 Å². The number of non-ortho nitro benzene ring substituents is 1. The molecule has 0 unspecified atom stereocenters. The zero-order valence-corrected chi connectivity index (χ0v) is 9.60. The maximum absolute atomic E-state index is 10.7. The number of carbonyl (C=O) groups is 1. The number of carbonyl (C=O) groups excluding carboxylic acids is 1. The molecule has 10 heteroatoms. The lowest BCUT2D eigenvalue weighted by atomic mass is 10.2. The molecule has 1 aromatic rings. The number of nitro benzene ring substituents is 2. The molecule has 0 aliphatic carbocycles. The molecule has 0 aliphatic rings. The first-order valence-corrected chi connectivity index (χ1v) is 4.75. The lowest BCUT2D eigenvalue weighted by molar-refractivity contribution is -0.393. The lowest BCUT2D eigenvalue weighted by Gasteiger charge is -2.01. The second kappa shape index (κ2) is 6.05. The number of esters is 1. The SMILES string of the molecule is COC(=O)/C=N/Nc1ccc([N+](=O)[O-])cc1[N+](=O)[O-]. The topological polar surface area (TPSA) is 137 Å². The predicted molar refractivity (Wildman–Crippen MR) is 63.9 cm³/mol. The van der Waals surface area contributed by atoms with Crippen LogP contribution < -0.4 is 5.43 Å². The third-order valence-electron chi connectivity index (χ3n) is 1.94. The largest absolute Gasteiger partial charge is 0.465 e. The van der Waals surface area contributed by atoms with Gasteiger partial charge < -0.3 is 4.74 Å². The molecule has 1 N–H and O–H groups in total. The minimum Gasteiger partial charge on any atom is -0.465 e. The summed E-state index contributed by atoms with van der Waals surface area (Å²) in [6.45, 7) is 0. The molecule has 0 amide bonds. The van der Waals surface area contributed by atoms with E-state index in [4.69, 9.17) is 0 Å². The van der Waals surface area contributed by atoms with Crippen LogP contribution in [0.3, 0.4) is 0 Å². The monoisotopic (exact) mass is 268 g/mol. The van der Waals surface area contributed by atoms with Crippen molar-refractivity contribution in [1.82, 2.24) is 0 Å². The molecule has 1 aromatic carbocycles. The van der Waals surface area contributed by atoms with Crippen LogP contribution in [-0.2, 0) is 9.53 Å². The highest BCUT2D eigenvalue weighted by atomic mass is 16.6. The number of benzene rings is 1. The third kappa shape index (κ3) is 3.73. The second-order valence-corrected chi connectivity index (χ2v) is 3.11. The Kier molecular flexibility index (Phi) is 4.46. The highest BCUT2D eigenvalue weighted by Gasteiger charge is 2.19. The maximum Gasteiger partial charge on any atom is 0.350 e. The van der Waals surface area contributed by atoms with Crippen LogP contribution in [0.25, 0.3) is 0 Å². The number of hydrogen-bond donors (Lipinski definition) is 1. The third-order valence-corrected chi connectivity index (χ3v) is 1.94. The summed E-state index contributed by atoms with van der Waals surface area (Å²) in [5, 5.41) is 24.7. The van der Waals surface area contributed by atoms with Gasteiger partial charge in [-0.2, -0.15) is 5.10 Å². The molecule has 10 nitrogen and oxygen atoms in total. The lowest BCUT2D eigenvalue weighted by Crippen LogP contribution is -2.04. The molecule has 0 aliphatic heterocycles. The van der Waals surface area contributed by atoms with E-state index in [0.29, 0.717) is 0 Å². The van der Waals surface area contributed by atoms with Crippen LogP contribution in [0.5, 0.6) is 0 Å². The number of nitro groups is 2. The van der Waals surface area contributed by atoms with Gasteiger partial charge in [0.15, 0.2) is 0 Å². The Hall–Kier alpha value is -3.04. The van der Waals surface area contributed by atoms with Gasteiger partial charge in [0.25, 0.3) is 5.69 Å². The molecule has 0 fully saturated rings. The van der Waals surface area contributed by atoms with Gasteiger partial charge in [-0.05, 0) is 6.07 Å². The number of rotatable bonds is 5. The van der Waals surface area contributed by atoms with E-state index >= 15 is 0 Å². The average molecular weight is 268 g/mol. The molecule has 0 bridgehead atoms. The van der Waals surface area contributed by atoms with E-state index in [1.165, 1.54) is 0 Å². The number of hydrazone groups is 1. The van der Waals surface area contributed by atoms with Crippen molar-refractivity contribution in [1.29, 1.82) is 0 Å². The van der Waals surface area contributed by atoms with Gasteiger partial charge in [-0.25, -0.2) is 4.79 Å². The van der Waals surface area contributed by atoms with Gasteiger partial charge in [-0.1, -0.05) is 0 Å². The van der Waals surface area contributed by atoms with Crippen LogP contribution in [0.4, 0.5) is 17.1 Å². The van der Waals surface area contributed by atoms with Crippen molar-refractivity contribution < 1.29 is 19.4 Å². The zero-order valence-electron chi connectivity index (χ0n) is 9.60. The molecule has 100 valence electrons. The van der Waals surface area contributed by atoms with Crippen molar-refractivity contribution in [2.75, 3.05) is 12.5 Å². The molecule has 0 radical (unpaired) electrons. The molecule has 0 heterocycles. The molecule has 0 atom stereocenters. The van der Waals surface area contributed by atoms with E-state index in [9.17, 15) is 25.0 Å². The quantitative estimate of drug-likeness (QED) is 0.365. The Morgan fingerprint density at radius 2 is 2.05 bits per heavy atom. The van der Waals surface area contributed by atoms with E-state index in [2.05, 4.69) is 15.3 Å². The van der Waals surface area contributed by atoms with Gasteiger partial charge in [0, 0.05) is 6.07 Å². The van der Waals surface area contributed by atoms with Gasteiger partial charge in [-0.3, -0.25) is 25.7 Å². The Morgan fingerprint density at radius 1 is 1.37 bits per heavy atom. The Balaban J connectivity index is 3.01. The number of nitrogens with one attached hydrogen (secondary N) is 1. The van der Waals surface area contributed by atoms with Gasteiger partial charge in [0.1, 0.15) is 11.9 Å². The Bertz CT molecular complexity index is 556. The molecule has 1 rings (SSSR count). The van der Waals surface area contributed by atoms with Crippen molar-refractivity contribution in [3.05, 3.63) is 38.4 Å². The summed E-state index contributed by atoms with van der Waals surface area (Å²) in [6.07, 6.45) is 0.769. The molecular formula is C9H8N4O6. The first-order chi connectivity index (χ1) is 8.95. The summed E-state index contributed by atoms with van der Waals surface area (Å²) in [5.41, 5.74) is 1.19. The number of hydrogen-bond acceptors (Lipinski definition) is 8. The van der Waals surface area contributed by atoms with Crippen molar-refractivity contribution in [3.63, 3.8) is 0 Å². The standard InChI is InChI=1S/C9H8N4O6/c1-19-9(14)5-10-11-7-3-2-6(12(15)16)4-8(7)13(17)18/h2-5,11H,1H3/b10-5+. The first kappa shape index (κ1) is 14.0. The average Bonchev–Trinajstić information content (AvgIpc) is 2.38. The van der Waals surface area contributed by atoms with Crippen molar-refractivity contribution in [2.45, 2.75) is 0 Å². The molecule has 0 saturated heterocycles. The zero-order chi connectivity index (χ0) is 14.4. The Morgan fingerprint density at radius 3 is 2.58 bits per heavy atom. The minimum absolute atomic E-state index is 0.0873. The predicted octanol–water partition coefficient (Wildman–Crippen LogP) is 1.07. The molecule has 0 spiro atoms. The smallest absolute Gasteiger partial charge is 0.350 e. The van der Waals surface area contributed by atoms with Crippen molar-refractivity contribution in [3.8, 4) is 0 Å². The van der Waals surface area contributed by atoms with Crippen LogP contribution >= 0.6 is 0 Å². The van der Waals surface area contributed by atoms with Crippen LogP contribution in [0, 0.1) is 20.2 Å². The van der Waals surface area contributed by atoms with E-state index in [1.54, 1.807) is 0 Å². The minimum atomic E-state index is -0.803. The number of anilines is 1. The summed E-state index contributed by atoms with van der Waals surface area (Å²) in [7, 11) is 1.14. The molecule has 0 saturated carbocycles. The maximum atomic E-state index is 10.7. The Labute approximate surface area is 106 Å². The summed E-state index contributed by atoms with van der Waals surface area (Å²) in [6, 6.07) is 2.98. The van der Waals surface area contributed by atoms with Gasteiger partial charge in [-0.15, -0.1) is 0 Å². The highest BCUT2D eigenvalue weighted by Crippen LogP contribution is 2.28. The summed E-state index contributed by atoms with van der Waals surface area (Å²) >= 11 is 0. The second-order valence-electron chi connectivity index (χ2n) is 3.11. The van der Waals surface area contributed by atoms with E-state index in [-0.39, 0.29) is 5.69 Å². The van der Waals surface area contributed by atoms with E-state index in [1.807, 2.05) is 0 Å². The van der Waals surface area contributed by atoms with Gasteiger partial charge in [0.2, 0.25) is 0 Å². The summed E-state index contributed by atoms with van der Waals surface area (Å²) < 4.78 is 4.26. The highest BCUT2D eigenvalue weighted by molar-refractivity contribution is 6.23. The number of methoxy groups -OCH3 is 1. The van der Waals surface area contributed by atoms with Gasteiger partial charge in [0.05, 0.1) is 23.0 Å². The van der Waals surface area contributed by atoms with E-state index < -0.39 is 27.2 Å².